The van der Waals surface area contributed by atoms with Crippen LogP contribution in [0.15, 0.2) is 52.1 Å². The van der Waals surface area contributed by atoms with Crippen molar-refractivity contribution in [2.24, 2.45) is 11.8 Å². The molecule has 1 aromatic heterocycles. The summed E-state index contributed by atoms with van der Waals surface area (Å²) in [5.41, 5.74) is 0.695. The molecule has 2 aromatic rings. The summed E-state index contributed by atoms with van der Waals surface area (Å²) in [5, 5.41) is 1.69. The van der Waals surface area contributed by atoms with E-state index in [9.17, 15) is 18.0 Å². The van der Waals surface area contributed by atoms with Gasteiger partial charge in [0.25, 0.3) is 10.0 Å². The number of hydrogen-bond acceptors (Lipinski definition) is 5. The highest BCUT2D eigenvalue weighted by Gasteiger charge is 2.35. The van der Waals surface area contributed by atoms with E-state index in [2.05, 4.69) is 4.72 Å². The lowest BCUT2D eigenvalue weighted by atomic mass is 9.88. The molecule has 3 rings (SSSR count). The maximum atomic E-state index is 13.1. The minimum absolute atomic E-state index is 0.108. The molecule has 1 N–H and O–H groups in total. The van der Waals surface area contributed by atoms with Gasteiger partial charge in [0.2, 0.25) is 5.91 Å². The first-order chi connectivity index (χ1) is 13.8. The van der Waals surface area contributed by atoms with E-state index in [-0.39, 0.29) is 27.7 Å². The van der Waals surface area contributed by atoms with Crippen molar-refractivity contribution < 1.29 is 18.0 Å². The Balaban J connectivity index is 1.64. The number of benzene rings is 1. The lowest BCUT2D eigenvalue weighted by Gasteiger charge is -2.34. The van der Waals surface area contributed by atoms with Crippen LogP contribution in [0.4, 0.5) is 0 Å². The SMILES string of the molecule is CC(C)C(NS(=O)(=O)c1cccs1)C(=O)N1CCC(C(=O)c2ccccc2)CC1. The minimum atomic E-state index is -3.74. The Morgan fingerprint density at radius 2 is 1.72 bits per heavy atom. The molecule has 1 aliphatic rings. The van der Waals surface area contributed by atoms with E-state index in [4.69, 9.17) is 0 Å². The first-order valence-electron chi connectivity index (χ1n) is 9.73. The van der Waals surface area contributed by atoms with Gasteiger partial charge in [0.1, 0.15) is 10.3 Å². The topological polar surface area (TPSA) is 83.6 Å². The van der Waals surface area contributed by atoms with Crippen LogP contribution < -0.4 is 4.72 Å². The molecule has 1 aliphatic heterocycles. The predicted molar refractivity (Wildman–Crippen MR) is 113 cm³/mol. The Morgan fingerprint density at radius 1 is 1.07 bits per heavy atom. The van der Waals surface area contributed by atoms with Crippen molar-refractivity contribution in [2.45, 2.75) is 36.9 Å². The number of amides is 1. The third-order valence-corrected chi connectivity index (χ3v) is 8.05. The van der Waals surface area contributed by atoms with E-state index in [1.54, 1.807) is 16.3 Å². The fraction of sp³-hybridized carbons (Fsp3) is 0.429. The molecule has 0 bridgehead atoms. The summed E-state index contributed by atoms with van der Waals surface area (Å²) in [6.07, 6.45) is 1.17. The number of nitrogens with zero attached hydrogens (tertiary/aromatic N) is 1. The van der Waals surface area contributed by atoms with Crippen LogP contribution in [0.3, 0.4) is 0 Å². The highest BCUT2D eigenvalue weighted by atomic mass is 32.2. The summed E-state index contributed by atoms with van der Waals surface area (Å²) in [6, 6.07) is 11.6. The summed E-state index contributed by atoms with van der Waals surface area (Å²) in [7, 11) is -3.74. The van der Waals surface area contributed by atoms with Crippen LogP contribution in [0, 0.1) is 11.8 Å². The summed E-state index contributed by atoms with van der Waals surface area (Å²) in [4.78, 5) is 27.4. The molecule has 0 spiro atoms. The van der Waals surface area contributed by atoms with Gasteiger partial charge in [-0.2, -0.15) is 4.72 Å². The van der Waals surface area contributed by atoms with E-state index in [1.807, 2.05) is 44.2 Å². The van der Waals surface area contributed by atoms with Crippen LogP contribution in [-0.2, 0) is 14.8 Å². The van der Waals surface area contributed by atoms with E-state index in [1.165, 1.54) is 6.07 Å². The highest BCUT2D eigenvalue weighted by molar-refractivity contribution is 7.91. The normalized spacial score (nSPS) is 16.7. The third-order valence-electron chi connectivity index (χ3n) is 5.21. The van der Waals surface area contributed by atoms with Crippen molar-refractivity contribution in [3.63, 3.8) is 0 Å². The molecule has 1 atom stereocenters. The molecule has 0 aliphatic carbocycles. The van der Waals surface area contributed by atoms with Gasteiger partial charge in [-0.05, 0) is 30.2 Å². The van der Waals surface area contributed by atoms with E-state index in [0.717, 1.165) is 11.3 Å². The van der Waals surface area contributed by atoms with Gasteiger partial charge in [0, 0.05) is 24.6 Å². The number of hydrogen-bond donors (Lipinski definition) is 1. The van der Waals surface area contributed by atoms with Gasteiger partial charge in [0.05, 0.1) is 0 Å². The second-order valence-corrected chi connectivity index (χ2v) is 10.5. The maximum absolute atomic E-state index is 13.1. The van der Waals surface area contributed by atoms with Crippen molar-refractivity contribution in [3.8, 4) is 0 Å². The molecular weight excluding hydrogens is 408 g/mol. The quantitative estimate of drug-likeness (QED) is 0.679. The lowest BCUT2D eigenvalue weighted by Crippen LogP contribution is -2.53. The van der Waals surface area contributed by atoms with Crippen molar-refractivity contribution in [2.75, 3.05) is 13.1 Å². The van der Waals surface area contributed by atoms with Gasteiger partial charge < -0.3 is 4.90 Å². The number of nitrogens with one attached hydrogen (secondary N) is 1. The van der Waals surface area contributed by atoms with Crippen LogP contribution in [0.5, 0.6) is 0 Å². The number of Topliss-reactive ketones (excluding diaryl/α,β-unsaturated/α-hetero) is 1. The molecule has 0 radical (unpaired) electrons. The average Bonchev–Trinajstić information content (AvgIpc) is 3.28. The van der Waals surface area contributed by atoms with Gasteiger partial charge in [-0.15, -0.1) is 11.3 Å². The van der Waals surface area contributed by atoms with Gasteiger partial charge >= 0.3 is 0 Å². The largest absolute Gasteiger partial charge is 0.341 e. The molecule has 1 amide bonds. The fourth-order valence-electron chi connectivity index (χ4n) is 3.51. The second kappa shape index (κ2) is 9.19. The van der Waals surface area contributed by atoms with Crippen LogP contribution in [0.1, 0.15) is 37.0 Å². The molecule has 29 heavy (non-hydrogen) atoms. The molecule has 1 unspecified atom stereocenters. The maximum Gasteiger partial charge on any atom is 0.250 e. The van der Waals surface area contributed by atoms with E-state index in [0.29, 0.717) is 31.5 Å². The van der Waals surface area contributed by atoms with Crippen LogP contribution in [0.2, 0.25) is 0 Å². The monoisotopic (exact) mass is 434 g/mol. The summed E-state index contributed by atoms with van der Waals surface area (Å²) >= 11 is 1.12. The Bertz CT molecular complexity index is 932. The van der Waals surface area contributed by atoms with Gasteiger partial charge in [-0.3, -0.25) is 9.59 Å². The molecule has 8 heteroatoms. The first-order valence-corrected chi connectivity index (χ1v) is 12.1. The highest BCUT2D eigenvalue weighted by Crippen LogP contribution is 2.24. The molecule has 0 saturated carbocycles. The van der Waals surface area contributed by atoms with E-state index < -0.39 is 16.1 Å². The molecule has 1 saturated heterocycles. The van der Waals surface area contributed by atoms with Crippen LogP contribution in [0.25, 0.3) is 0 Å². The van der Waals surface area contributed by atoms with Crippen molar-refractivity contribution in [1.82, 2.24) is 9.62 Å². The average molecular weight is 435 g/mol. The zero-order valence-electron chi connectivity index (χ0n) is 16.6. The molecular formula is C21H26N2O4S2. The molecule has 6 nitrogen and oxygen atoms in total. The third kappa shape index (κ3) is 5.12. The van der Waals surface area contributed by atoms with Gasteiger partial charge in [0.15, 0.2) is 5.78 Å². The summed E-state index contributed by atoms with van der Waals surface area (Å²) in [6.45, 7) is 4.55. The predicted octanol–water partition coefficient (Wildman–Crippen LogP) is 3.17. The number of thiophene rings is 1. The zero-order valence-corrected chi connectivity index (χ0v) is 18.2. The number of sulfonamides is 1. The summed E-state index contributed by atoms with van der Waals surface area (Å²) < 4.78 is 27.9. The zero-order chi connectivity index (χ0) is 21.0. The molecule has 1 aromatic carbocycles. The van der Waals surface area contributed by atoms with Crippen molar-refractivity contribution in [3.05, 3.63) is 53.4 Å². The van der Waals surface area contributed by atoms with Crippen LogP contribution >= 0.6 is 11.3 Å². The number of ketones is 1. The number of rotatable bonds is 7. The Morgan fingerprint density at radius 3 is 2.28 bits per heavy atom. The fourth-order valence-corrected chi connectivity index (χ4v) is 5.86. The Hall–Kier alpha value is -2.03. The lowest BCUT2D eigenvalue weighted by molar-refractivity contribution is -0.135. The molecule has 1 fully saturated rings. The second-order valence-electron chi connectivity index (χ2n) is 7.60. The minimum Gasteiger partial charge on any atom is -0.341 e. The van der Waals surface area contributed by atoms with Crippen molar-refractivity contribution >= 4 is 33.1 Å². The standard InChI is InChI=1S/C21H26N2O4S2/c1-15(2)19(22-29(26,27)18-9-6-14-28-18)21(25)23-12-10-17(11-13-23)20(24)16-7-4-3-5-8-16/h3-9,14-15,17,19,22H,10-13H2,1-2H3. The number of piperidine rings is 1. The number of carbonyl (C=O) groups excluding carboxylic acids is 2. The number of likely N-dealkylation sites (tertiary alicyclic amines) is 1. The van der Waals surface area contributed by atoms with E-state index >= 15 is 0 Å². The Kier molecular flexibility index (Phi) is 6.87. The summed E-state index contributed by atoms with van der Waals surface area (Å²) in [5.74, 6) is -0.426. The van der Waals surface area contributed by atoms with Crippen molar-refractivity contribution in [1.29, 1.82) is 0 Å². The van der Waals surface area contributed by atoms with Gasteiger partial charge in [-0.25, -0.2) is 8.42 Å². The van der Waals surface area contributed by atoms with Crippen LogP contribution in [-0.4, -0.2) is 44.1 Å². The molecule has 2 heterocycles. The smallest absolute Gasteiger partial charge is 0.250 e. The Labute approximate surface area is 176 Å². The van der Waals surface area contributed by atoms with Gasteiger partial charge in [-0.1, -0.05) is 50.2 Å². The first kappa shape index (κ1) is 21.7. The molecule has 156 valence electrons. The number of carbonyl (C=O) groups is 2.